The van der Waals surface area contributed by atoms with Gasteiger partial charge in [-0.1, -0.05) is 22.0 Å². The van der Waals surface area contributed by atoms with Crippen molar-refractivity contribution in [1.29, 1.82) is 0 Å². The van der Waals surface area contributed by atoms with E-state index >= 15 is 0 Å². The predicted octanol–water partition coefficient (Wildman–Crippen LogP) is 4.37. The molecule has 1 aromatic heterocycles. The summed E-state index contributed by atoms with van der Waals surface area (Å²) in [6, 6.07) is 11.5. The zero-order valence-corrected chi connectivity index (χ0v) is 19.9. The fourth-order valence-electron chi connectivity index (χ4n) is 3.20. The number of hydrogen-bond acceptors (Lipinski definition) is 8. The van der Waals surface area contributed by atoms with Crippen LogP contribution in [-0.4, -0.2) is 54.2 Å². The highest BCUT2D eigenvalue weighted by Crippen LogP contribution is 2.31. The standard InChI is InChI=1S/C23H28BrN5O3/c1-3-31-22(30)14-29(2)9-4-5-10-32-21-13-20-18(12-19(21)25)23(27-15-26-20)28-17-8-6-7-16(24)11-17/h6-8,11-13,15H,3-5,9-10,14,25H2,1-2H3,(H,26,27,28). The SMILES string of the molecule is CCOC(=O)CN(C)CCCCOc1cc2ncnc(Nc3cccc(Br)c3)c2cc1N. The quantitative estimate of drug-likeness (QED) is 0.226. The molecular weight excluding hydrogens is 474 g/mol. The molecule has 0 amide bonds. The van der Waals surface area contributed by atoms with E-state index in [1.54, 1.807) is 6.92 Å². The van der Waals surface area contributed by atoms with Crippen LogP contribution in [0, 0.1) is 0 Å². The van der Waals surface area contributed by atoms with E-state index < -0.39 is 0 Å². The highest BCUT2D eigenvalue weighted by Gasteiger charge is 2.10. The molecule has 0 spiro atoms. The first-order valence-corrected chi connectivity index (χ1v) is 11.3. The van der Waals surface area contributed by atoms with Gasteiger partial charge in [-0.15, -0.1) is 0 Å². The minimum Gasteiger partial charge on any atom is -0.491 e. The van der Waals surface area contributed by atoms with E-state index in [-0.39, 0.29) is 5.97 Å². The van der Waals surface area contributed by atoms with E-state index in [1.165, 1.54) is 6.33 Å². The molecule has 2 aromatic carbocycles. The maximum absolute atomic E-state index is 11.5. The van der Waals surface area contributed by atoms with Gasteiger partial charge >= 0.3 is 5.97 Å². The van der Waals surface area contributed by atoms with E-state index in [1.807, 2.05) is 48.3 Å². The fourth-order valence-corrected chi connectivity index (χ4v) is 3.60. The van der Waals surface area contributed by atoms with Gasteiger partial charge in [-0.2, -0.15) is 0 Å². The second-order valence-electron chi connectivity index (χ2n) is 7.36. The fraction of sp³-hybridized carbons (Fsp3) is 0.348. The van der Waals surface area contributed by atoms with Crippen LogP contribution in [0.25, 0.3) is 10.9 Å². The third-order valence-electron chi connectivity index (χ3n) is 4.75. The lowest BCUT2D eigenvalue weighted by molar-refractivity contribution is -0.144. The summed E-state index contributed by atoms with van der Waals surface area (Å²) in [5, 5.41) is 4.13. The number of nitrogens with one attached hydrogen (secondary N) is 1. The van der Waals surface area contributed by atoms with Crippen molar-refractivity contribution in [2.45, 2.75) is 19.8 Å². The third-order valence-corrected chi connectivity index (χ3v) is 5.24. The van der Waals surface area contributed by atoms with Crippen LogP contribution in [0.15, 0.2) is 47.2 Å². The summed E-state index contributed by atoms with van der Waals surface area (Å²) in [6.07, 6.45) is 3.25. The first kappa shape index (κ1) is 23.7. The molecular formula is C23H28BrN5O3. The number of carbonyl (C=O) groups excluding carboxylic acids is 1. The number of carbonyl (C=O) groups is 1. The zero-order valence-electron chi connectivity index (χ0n) is 18.3. The molecule has 0 aliphatic heterocycles. The molecule has 0 saturated carbocycles. The Balaban J connectivity index is 1.57. The number of esters is 1. The largest absolute Gasteiger partial charge is 0.491 e. The number of rotatable bonds is 11. The van der Waals surface area contributed by atoms with Gasteiger partial charge in [-0.3, -0.25) is 9.69 Å². The first-order valence-electron chi connectivity index (χ1n) is 10.5. The average molecular weight is 502 g/mol. The molecule has 0 fully saturated rings. The van der Waals surface area contributed by atoms with Crippen molar-refractivity contribution in [1.82, 2.24) is 14.9 Å². The van der Waals surface area contributed by atoms with Gasteiger partial charge in [0.15, 0.2) is 0 Å². The monoisotopic (exact) mass is 501 g/mol. The van der Waals surface area contributed by atoms with Crippen LogP contribution in [0.2, 0.25) is 0 Å². The molecule has 1 heterocycles. The molecule has 3 aromatic rings. The molecule has 32 heavy (non-hydrogen) atoms. The van der Waals surface area contributed by atoms with Crippen LogP contribution in [0.4, 0.5) is 17.2 Å². The van der Waals surface area contributed by atoms with Crippen LogP contribution in [0.3, 0.4) is 0 Å². The summed E-state index contributed by atoms with van der Waals surface area (Å²) in [6.45, 7) is 3.81. The number of hydrogen-bond donors (Lipinski definition) is 2. The molecule has 170 valence electrons. The number of halogens is 1. The van der Waals surface area contributed by atoms with Gasteiger partial charge in [0, 0.05) is 21.6 Å². The summed E-state index contributed by atoms with van der Waals surface area (Å²) >= 11 is 3.47. The van der Waals surface area contributed by atoms with Crippen molar-refractivity contribution in [3.05, 3.63) is 47.2 Å². The molecule has 0 aliphatic rings. The van der Waals surface area contributed by atoms with E-state index in [9.17, 15) is 4.79 Å². The number of ether oxygens (including phenoxy) is 2. The number of anilines is 3. The normalized spacial score (nSPS) is 11.0. The maximum Gasteiger partial charge on any atom is 0.320 e. The summed E-state index contributed by atoms with van der Waals surface area (Å²) in [5.74, 6) is 1.08. The first-order chi connectivity index (χ1) is 15.5. The van der Waals surface area contributed by atoms with Crippen molar-refractivity contribution >= 4 is 50.0 Å². The second kappa shape index (κ2) is 11.6. The van der Waals surface area contributed by atoms with Crippen LogP contribution >= 0.6 is 15.9 Å². The highest BCUT2D eigenvalue weighted by molar-refractivity contribution is 9.10. The van der Waals surface area contributed by atoms with Crippen molar-refractivity contribution in [2.75, 3.05) is 44.4 Å². The number of fused-ring (bicyclic) bond motifs is 1. The smallest absolute Gasteiger partial charge is 0.320 e. The number of aromatic nitrogens is 2. The number of likely N-dealkylation sites (N-methyl/N-ethyl adjacent to an activating group) is 1. The number of benzene rings is 2. The lowest BCUT2D eigenvalue weighted by Gasteiger charge is -2.16. The van der Waals surface area contributed by atoms with E-state index in [0.29, 0.717) is 37.0 Å². The van der Waals surface area contributed by atoms with Crippen molar-refractivity contribution in [3.63, 3.8) is 0 Å². The maximum atomic E-state index is 11.5. The lowest BCUT2D eigenvalue weighted by Crippen LogP contribution is -2.28. The van der Waals surface area contributed by atoms with Gasteiger partial charge in [-0.25, -0.2) is 9.97 Å². The van der Waals surface area contributed by atoms with Gasteiger partial charge in [0.05, 0.1) is 31.0 Å². The minimum absolute atomic E-state index is 0.203. The molecule has 3 N–H and O–H groups in total. The van der Waals surface area contributed by atoms with Crippen molar-refractivity contribution in [2.24, 2.45) is 0 Å². The van der Waals surface area contributed by atoms with Gasteiger partial charge in [0.1, 0.15) is 17.9 Å². The molecule has 9 heteroatoms. The zero-order chi connectivity index (χ0) is 22.9. The Morgan fingerprint density at radius 2 is 2.06 bits per heavy atom. The Kier molecular flexibility index (Phi) is 8.64. The number of unbranched alkanes of at least 4 members (excludes halogenated alkanes) is 1. The van der Waals surface area contributed by atoms with Gasteiger partial charge < -0.3 is 20.5 Å². The Morgan fingerprint density at radius 1 is 1.22 bits per heavy atom. The van der Waals surface area contributed by atoms with Gasteiger partial charge in [-0.05, 0) is 57.6 Å². The number of nitrogens with zero attached hydrogens (tertiary/aromatic N) is 3. The molecule has 0 aliphatic carbocycles. The number of nitrogen functional groups attached to an aromatic ring is 1. The second-order valence-corrected chi connectivity index (χ2v) is 8.28. The summed E-state index contributed by atoms with van der Waals surface area (Å²) in [5.41, 5.74) is 8.43. The van der Waals surface area contributed by atoms with E-state index in [4.69, 9.17) is 15.2 Å². The van der Waals surface area contributed by atoms with Crippen LogP contribution < -0.4 is 15.8 Å². The topological polar surface area (TPSA) is 103 Å². The summed E-state index contributed by atoms with van der Waals surface area (Å²) in [7, 11) is 1.90. The summed E-state index contributed by atoms with van der Waals surface area (Å²) in [4.78, 5) is 22.2. The highest BCUT2D eigenvalue weighted by atomic mass is 79.9. The molecule has 0 unspecified atom stereocenters. The molecule has 0 radical (unpaired) electrons. The Bertz CT molecular complexity index is 1060. The van der Waals surface area contributed by atoms with Crippen molar-refractivity contribution in [3.8, 4) is 5.75 Å². The molecule has 0 saturated heterocycles. The molecule has 3 rings (SSSR count). The molecule has 0 bridgehead atoms. The van der Waals surface area contributed by atoms with Gasteiger partial charge in [0.2, 0.25) is 0 Å². The van der Waals surface area contributed by atoms with Crippen LogP contribution in [-0.2, 0) is 9.53 Å². The van der Waals surface area contributed by atoms with Crippen LogP contribution in [0.5, 0.6) is 5.75 Å². The molecule has 0 atom stereocenters. The van der Waals surface area contributed by atoms with Crippen LogP contribution in [0.1, 0.15) is 19.8 Å². The molecule has 8 nitrogen and oxygen atoms in total. The lowest BCUT2D eigenvalue weighted by atomic mass is 10.2. The van der Waals surface area contributed by atoms with Gasteiger partial charge in [0.25, 0.3) is 0 Å². The van der Waals surface area contributed by atoms with E-state index in [0.717, 1.165) is 40.4 Å². The Hall–Kier alpha value is -2.91. The summed E-state index contributed by atoms with van der Waals surface area (Å²) < 4.78 is 11.8. The van der Waals surface area contributed by atoms with Crippen molar-refractivity contribution < 1.29 is 14.3 Å². The minimum atomic E-state index is -0.203. The average Bonchev–Trinajstić information content (AvgIpc) is 2.74. The predicted molar refractivity (Wildman–Crippen MR) is 130 cm³/mol. The Labute approximate surface area is 196 Å². The number of nitrogens with two attached hydrogens (primary N) is 1. The Morgan fingerprint density at radius 3 is 2.84 bits per heavy atom. The third kappa shape index (κ3) is 6.80. The van der Waals surface area contributed by atoms with E-state index in [2.05, 4.69) is 31.2 Å².